The third-order valence-electron chi connectivity index (χ3n) is 4.51. The van der Waals surface area contributed by atoms with Gasteiger partial charge in [-0.2, -0.15) is 16.9 Å². The van der Waals surface area contributed by atoms with E-state index >= 15 is 0 Å². The fourth-order valence-electron chi connectivity index (χ4n) is 3.00. The number of benzene rings is 1. The summed E-state index contributed by atoms with van der Waals surface area (Å²) in [5, 5.41) is 8.80. The van der Waals surface area contributed by atoms with E-state index in [0.29, 0.717) is 11.8 Å². The number of methoxy groups -OCH3 is 1. The van der Waals surface area contributed by atoms with Crippen LogP contribution in [0, 0.1) is 0 Å². The molecule has 0 radical (unpaired) electrons. The first-order valence-electron chi connectivity index (χ1n) is 8.99. The molecule has 0 spiro atoms. The highest BCUT2D eigenvalue weighted by Crippen LogP contribution is 2.21. The Balaban J connectivity index is 1.59. The van der Waals surface area contributed by atoms with Crippen molar-refractivity contribution >= 4 is 17.7 Å². The first-order valence-corrected chi connectivity index (χ1v) is 10.0. The number of hydrogen-bond donors (Lipinski definition) is 1. The van der Waals surface area contributed by atoms with Crippen LogP contribution in [0.15, 0.2) is 41.5 Å². The summed E-state index contributed by atoms with van der Waals surface area (Å²) in [4.78, 5) is 6.81. The van der Waals surface area contributed by atoms with Crippen molar-refractivity contribution in [2.75, 3.05) is 33.0 Å². The Kier molecular flexibility index (Phi) is 6.44. The molecule has 1 saturated heterocycles. The summed E-state index contributed by atoms with van der Waals surface area (Å²) < 4.78 is 7.08. The number of nitrogens with zero attached hydrogens (tertiary/aromatic N) is 4. The molecule has 3 rings (SSSR count). The quantitative estimate of drug-likeness (QED) is 0.645. The van der Waals surface area contributed by atoms with Crippen molar-refractivity contribution in [3.8, 4) is 11.4 Å². The minimum atomic E-state index is 0.663. The SMILES string of the molecule is CCC1CN(C(=NC)NCc2ccn(-c3ccc(OC)cc3)n2)CCS1. The molecule has 2 aromatic rings. The van der Waals surface area contributed by atoms with Crippen molar-refractivity contribution in [2.45, 2.75) is 25.1 Å². The molecule has 0 saturated carbocycles. The molecule has 0 aliphatic carbocycles. The summed E-state index contributed by atoms with van der Waals surface area (Å²) in [5.74, 6) is 2.96. The van der Waals surface area contributed by atoms with E-state index in [1.165, 1.54) is 6.42 Å². The van der Waals surface area contributed by atoms with Gasteiger partial charge in [0.2, 0.25) is 0 Å². The van der Waals surface area contributed by atoms with Gasteiger partial charge in [0.25, 0.3) is 0 Å². The standard InChI is InChI=1S/C19H27N5OS/c1-4-18-14-23(11-12-26-18)19(20-2)21-13-15-9-10-24(22-15)16-5-7-17(25-3)8-6-16/h5-10,18H,4,11-14H2,1-3H3,(H,20,21). The number of ether oxygens (including phenoxy) is 1. The molecule has 140 valence electrons. The molecule has 0 bridgehead atoms. The van der Waals surface area contributed by atoms with Crippen molar-refractivity contribution in [2.24, 2.45) is 4.99 Å². The van der Waals surface area contributed by atoms with Gasteiger partial charge in [0.05, 0.1) is 25.0 Å². The summed E-state index contributed by atoms with van der Waals surface area (Å²) >= 11 is 2.06. The van der Waals surface area contributed by atoms with Gasteiger partial charge < -0.3 is 15.0 Å². The maximum atomic E-state index is 5.20. The van der Waals surface area contributed by atoms with E-state index in [0.717, 1.165) is 41.9 Å². The van der Waals surface area contributed by atoms with Crippen LogP contribution in [0.5, 0.6) is 5.75 Å². The molecule has 7 heteroatoms. The van der Waals surface area contributed by atoms with Crippen LogP contribution in [0.25, 0.3) is 5.69 Å². The first kappa shape index (κ1) is 18.6. The highest BCUT2D eigenvalue weighted by molar-refractivity contribution is 8.00. The predicted molar refractivity (Wildman–Crippen MR) is 108 cm³/mol. The predicted octanol–water partition coefficient (Wildman–Crippen LogP) is 2.78. The second-order valence-corrected chi connectivity index (χ2v) is 7.61. The van der Waals surface area contributed by atoms with Crippen LogP contribution in [0.2, 0.25) is 0 Å². The van der Waals surface area contributed by atoms with E-state index in [4.69, 9.17) is 4.74 Å². The summed E-state index contributed by atoms with van der Waals surface area (Å²) in [6.07, 6.45) is 3.18. The molecule has 1 fully saturated rings. The van der Waals surface area contributed by atoms with Crippen molar-refractivity contribution in [3.63, 3.8) is 0 Å². The number of guanidine groups is 1. The van der Waals surface area contributed by atoms with Crippen LogP contribution in [-0.4, -0.2) is 58.9 Å². The Labute approximate surface area is 159 Å². The molecule has 26 heavy (non-hydrogen) atoms. The summed E-state index contributed by atoms with van der Waals surface area (Å²) in [6.45, 7) is 5.02. The van der Waals surface area contributed by atoms with Gasteiger partial charge in [0, 0.05) is 37.3 Å². The van der Waals surface area contributed by atoms with Crippen LogP contribution in [0.1, 0.15) is 19.0 Å². The molecule has 0 amide bonds. The van der Waals surface area contributed by atoms with Gasteiger partial charge in [-0.05, 0) is 36.8 Å². The van der Waals surface area contributed by atoms with Crippen molar-refractivity contribution < 1.29 is 4.74 Å². The Bertz CT molecular complexity index is 728. The molecular weight excluding hydrogens is 346 g/mol. The normalized spacial score (nSPS) is 18.0. The molecule has 1 aromatic heterocycles. The van der Waals surface area contributed by atoms with Gasteiger partial charge in [-0.1, -0.05) is 6.92 Å². The van der Waals surface area contributed by atoms with E-state index in [1.807, 2.05) is 48.3 Å². The topological polar surface area (TPSA) is 54.7 Å². The van der Waals surface area contributed by atoms with E-state index in [2.05, 4.69) is 39.0 Å². The third kappa shape index (κ3) is 4.52. The van der Waals surface area contributed by atoms with Gasteiger partial charge >= 0.3 is 0 Å². The fraction of sp³-hybridized carbons (Fsp3) is 0.474. The molecule has 1 atom stereocenters. The Morgan fingerprint density at radius 1 is 1.35 bits per heavy atom. The molecule has 1 unspecified atom stereocenters. The highest BCUT2D eigenvalue weighted by Gasteiger charge is 2.21. The maximum Gasteiger partial charge on any atom is 0.194 e. The lowest BCUT2D eigenvalue weighted by atomic mass is 10.3. The molecule has 6 nitrogen and oxygen atoms in total. The average Bonchev–Trinajstić information content (AvgIpc) is 3.17. The molecule has 1 aliphatic heterocycles. The molecular formula is C19H27N5OS. The van der Waals surface area contributed by atoms with E-state index in [9.17, 15) is 0 Å². The minimum absolute atomic E-state index is 0.663. The van der Waals surface area contributed by atoms with Crippen LogP contribution in [-0.2, 0) is 6.54 Å². The van der Waals surface area contributed by atoms with Gasteiger partial charge in [0.15, 0.2) is 5.96 Å². The van der Waals surface area contributed by atoms with Crippen LogP contribution < -0.4 is 10.1 Å². The minimum Gasteiger partial charge on any atom is -0.497 e. The summed E-state index contributed by atoms with van der Waals surface area (Å²) in [7, 11) is 3.52. The Hall–Kier alpha value is -2.15. The van der Waals surface area contributed by atoms with Gasteiger partial charge in [-0.3, -0.25) is 4.99 Å². The van der Waals surface area contributed by atoms with Crippen molar-refractivity contribution in [1.29, 1.82) is 0 Å². The lowest BCUT2D eigenvalue weighted by Crippen LogP contribution is -2.47. The lowest BCUT2D eigenvalue weighted by Gasteiger charge is -2.34. The Morgan fingerprint density at radius 2 is 2.15 bits per heavy atom. The summed E-state index contributed by atoms with van der Waals surface area (Å²) in [6, 6.07) is 9.91. The van der Waals surface area contributed by atoms with E-state index < -0.39 is 0 Å². The van der Waals surface area contributed by atoms with Gasteiger partial charge in [-0.25, -0.2) is 4.68 Å². The number of aromatic nitrogens is 2. The fourth-order valence-corrected chi connectivity index (χ4v) is 4.18. The number of rotatable bonds is 5. The zero-order valence-corrected chi connectivity index (χ0v) is 16.5. The number of nitrogens with one attached hydrogen (secondary N) is 1. The smallest absolute Gasteiger partial charge is 0.194 e. The van der Waals surface area contributed by atoms with E-state index in [1.54, 1.807) is 7.11 Å². The second-order valence-electron chi connectivity index (χ2n) is 6.20. The lowest BCUT2D eigenvalue weighted by molar-refractivity contribution is 0.407. The molecule has 1 aromatic carbocycles. The zero-order valence-electron chi connectivity index (χ0n) is 15.7. The largest absolute Gasteiger partial charge is 0.497 e. The van der Waals surface area contributed by atoms with Crippen molar-refractivity contribution in [1.82, 2.24) is 20.0 Å². The van der Waals surface area contributed by atoms with Gasteiger partial charge in [-0.15, -0.1) is 0 Å². The Morgan fingerprint density at radius 3 is 2.85 bits per heavy atom. The van der Waals surface area contributed by atoms with E-state index in [-0.39, 0.29) is 0 Å². The maximum absolute atomic E-state index is 5.20. The first-order chi connectivity index (χ1) is 12.7. The van der Waals surface area contributed by atoms with Crippen LogP contribution >= 0.6 is 11.8 Å². The summed E-state index contributed by atoms with van der Waals surface area (Å²) in [5.41, 5.74) is 2.00. The number of thioether (sulfide) groups is 1. The molecule has 2 heterocycles. The molecule has 1 N–H and O–H groups in total. The number of aliphatic imine (C=N–C) groups is 1. The third-order valence-corrected chi connectivity index (χ3v) is 5.89. The second kappa shape index (κ2) is 8.98. The van der Waals surface area contributed by atoms with Crippen molar-refractivity contribution in [3.05, 3.63) is 42.2 Å². The monoisotopic (exact) mass is 373 g/mol. The van der Waals surface area contributed by atoms with Gasteiger partial charge in [0.1, 0.15) is 5.75 Å². The number of hydrogen-bond acceptors (Lipinski definition) is 4. The zero-order chi connectivity index (χ0) is 18.4. The highest BCUT2D eigenvalue weighted by atomic mass is 32.2. The molecule has 1 aliphatic rings. The van der Waals surface area contributed by atoms with Crippen LogP contribution in [0.4, 0.5) is 0 Å². The average molecular weight is 374 g/mol. The van der Waals surface area contributed by atoms with Crippen LogP contribution in [0.3, 0.4) is 0 Å².